The lowest BCUT2D eigenvalue weighted by molar-refractivity contribution is -0.139. The Hall–Kier alpha value is -1.21. The lowest BCUT2D eigenvalue weighted by Crippen LogP contribution is -2.31. The Morgan fingerprint density at radius 1 is 0.767 bits per heavy atom. The van der Waals surface area contributed by atoms with Crippen molar-refractivity contribution in [3.63, 3.8) is 0 Å². The number of allylic oxidation sites excluding steroid dienone is 2. The normalized spacial score (nSPS) is 22.7. The summed E-state index contributed by atoms with van der Waals surface area (Å²) in [6, 6.07) is 0. The number of aliphatic hydroxyl groups excluding tert-OH is 3. The van der Waals surface area contributed by atoms with Crippen molar-refractivity contribution >= 4 is 5.97 Å². The fourth-order valence-electron chi connectivity index (χ4n) is 6.43. The maximum absolute atomic E-state index is 11.7. The second-order valence-electron chi connectivity index (χ2n) is 13.3. The largest absolute Gasteiger partial charge is 0.455 e. The number of aliphatic hydroxyl groups is 3. The van der Waals surface area contributed by atoms with Crippen LogP contribution in [0.2, 0.25) is 0 Å². The second-order valence-corrected chi connectivity index (χ2v) is 13.3. The van der Waals surface area contributed by atoms with Crippen LogP contribution in [0.5, 0.6) is 0 Å². The molecule has 2 heterocycles. The zero-order valence-corrected chi connectivity index (χ0v) is 27.7. The Labute approximate surface area is 263 Å². The van der Waals surface area contributed by atoms with Gasteiger partial charge in [-0.25, -0.2) is 4.79 Å². The monoisotopic (exact) mass is 606 g/mol. The van der Waals surface area contributed by atoms with Crippen molar-refractivity contribution in [2.45, 2.75) is 205 Å². The molecule has 0 radical (unpaired) electrons. The van der Waals surface area contributed by atoms with Gasteiger partial charge in [0.1, 0.15) is 6.10 Å². The molecule has 0 amide bonds. The summed E-state index contributed by atoms with van der Waals surface area (Å²) in [5.74, 6) is -0.147. The number of cyclic esters (lactones) is 1. The minimum atomic E-state index is -0.804. The molecule has 3 N–H and O–H groups in total. The molecular weight excluding hydrogens is 540 g/mol. The number of carbonyl (C=O) groups is 1. The van der Waals surface area contributed by atoms with Crippen molar-refractivity contribution in [2.75, 3.05) is 0 Å². The summed E-state index contributed by atoms with van der Waals surface area (Å²) in [7, 11) is 0. The van der Waals surface area contributed by atoms with Gasteiger partial charge in [0.2, 0.25) is 0 Å². The molecule has 1 fully saturated rings. The van der Waals surface area contributed by atoms with Gasteiger partial charge in [-0.1, -0.05) is 103 Å². The van der Waals surface area contributed by atoms with E-state index in [1.165, 1.54) is 64.2 Å². The summed E-state index contributed by atoms with van der Waals surface area (Å²) in [6.45, 7) is 4.16. The highest BCUT2D eigenvalue weighted by molar-refractivity contribution is 5.90. The van der Waals surface area contributed by atoms with E-state index >= 15 is 0 Å². The molecule has 0 unspecified atom stereocenters. The number of rotatable bonds is 27. The highest BCUT2D eigenvalue weighted by atomic mass is 16.5. The predicted molar refractivity (Wildman–Crippen MR) is 176 cm³/mol. The number of unbranched alkanes of at least 4 members (excludes halogenated alkanes) is 14. The van der Waals surface area contributed by atoms with E-state index in [4.69, 9.17) is 9.47 Å². The number of esters is 1. The molecule has 0 saturated carbocycles. The molecule has 0 aliphatic carbocycles. The zero-order valence-electron chi connectivity index (χ0n) is 27.7. The van der Waals surface area contributed by atoms with Crippen molar-refractivity contribution in [2.24, 2.45) is 0 Å². The van der Waals surface area contributed by atoms with Gasteiger partial charge in [-0.3, -0.25) is 0 Å². The third-order valence-corrected chi connectivity index (χ3v) is 9.26. The first-order valence-electron chi connectivity index (χ1n) is 18.2. The molecule has 2 aliphatic heterocycles. The SMILES string of the molecule is CCCCCCCCCCCC/C=C\CC[C@@H](O)[C@H](O)CC[C@H](O)[C@H]1CC[C@H](CCCCCCCC2=C[C@H](C)OC2=O)O1. The minimum Gasteiger partial charge on any atom is -0.455 e. The Morgan fingerprint density at radius 3 is 2.05 bits per heavy atom. The van der Waals surface area contributed by atoms with E-state index in [-0.39, 0.29) is 24.3 Å². The van der Waals surface area contributed by atoms with Crippen molar-refractivity contribution in [1.82, 2.24) is 0 Å². The summed E-state index contributed by atoms with van der Waals surface area (Å²) >= 11 is 0. The Morgan fingerprint density at radius 2 is 1.37 bits per heavy atom. The molecule has 2 aliphatic rings. The van der Waals surface area contributed by atoms with E-state index < -0.39 is 18.3 Å². The first-order valence-corrected chi connectivity index (χ1v) is 18.2. The first-order chi connectivity index (χ1) is 20.9. The van der Waals surface area contributed by atoms with Gasteiger partial charge in [0, 0.05) is 5.57 Å². The van der Waals surface area contributed by atoms with Crippen LogP contribution in [0.15, 0.2) is 23.8 Å². The van der Waals surface area contributed by atoms with Gasteiger partial charge in [-0.05, 0) is 83.6 Å². The van der Waals surface area contributed by atoms with Gasteiger partial charge in [-0.15, -0.1) is 0 Å². The van der Waals surface area contributed by atoms with Crippen LogP contribution in [0.25, 0.3) is 0 Å². The Bertz CT molecular complexity index is 764. The molecule has 2 rings (SSSR count). The van der Waals surface area contributed by atoms with Crippen molar-refractivity contribution in [3.05, 3.63) is 23.8 Å². The van der Waals surface area contributed by atoms with Crippen LogP contribution < -0.4 is 0 Å². The van der Waals surface area contributed by atoms with E-state index in [1.54, 1.807) is 0 Å². The summed E-state index contributed by atoms with van der Waals surface area (Å²) in [4.78, 5) is 11.7. The molecule has 0 spiro atoms. The highest BCUT2D eigenvalue weighted by Crippen LogP contribution is 2.28. The van der Waals surface area contributed by atoms with Crippen molar-refractivity contribution in [3.8, 4) is 0 Å². The maximum atomic E-state index is 11.7. The molecule has 1 saturated heterocycles. The summed E-state index contributed by atoms with van der Waals surface area (Å²) in [5.41, 5.74) is 0.834. The lowest BCUT2D eigenvalue weighted by Gasteiger charge is -2.22. The fourth-order valence-corrected chi connectivity index (χ4v) is 6.43. The topological polar surface area (TPSA) is 96.2 Å². The summed E-state index contributed by atoms with van der Waals surface area (Å²) in [6.07, 6.45) is 30.2. The molecule has 0 bridgehead atoms. The standard InChI is InChI=1S/C37H66O6/c1-3-4-5-6-7-8-9-10-11-12-13-14-18-21-24-33(38)34(39)26-27-35(40)36-28-25-32(43-36)23-20-17-15-16-19-22-31-29-30(2)42-37(31)41/h14,18,29-30,32-36,38-40H,3-13,15-17,19-28H2,1-2H3/b18-14-/t30-,32-,33+,34+,35-,36+/m0/s1. The van der Waals surface area contributed by atoms with Crippen LogP contribution in [0, 0.1) is 0 Å². The minimum absolute atomic E-state index is 0.0748. The molecule has 6 atom stereocenters. The fraction of sp³-hybridized carbons (Fsp3) is 0.865. The molecule has 43 heavy (non-hydrogen) atoms. The number of carbonyl (C=O) groups excluding carboxylic acids is 1. The number of ether oxygens (including phenoxy) is 2. The lowest BCUT2D eigenvalue weighted by atomic mass is 9.98. The Balaban J connectivity index is 1.40. The second kappa shape index (κ2) is 24.1. The molecule has 0 aromatic carbocycles. The molecular formula is C37H66O6. The van der Waals surface area contributed by atoms with Gasteiger partial charge >= 0.3 is 5.97 Å². The summed E-state index contributed by atoms with van der Waals surface area (Å²) < 4.78 is 11.3. The molecule has 0 aromatic heterocycles. The van der Waals surface area contributed by atoms with Crippen molar-refractivity contribution < 1.29 is 29.6 Å². The molecule has 6 heteroatoms. The number of hydrogen-bond donors (Lipinski definition) is 3. The smallest absolute Gasteiger partial charge is 0.334 e. The quantitative estimate of drug-likeness (QED) is 0.0492. The van der Waals surface area contributed by atoms with Gasteiger partial charge in [0.15, 0.2) is 0 Å². The van der Waals surface area contributed by atoms with Crippen LogP contribution in [0.3, 0.4) is 0 Å². The summed E-state index contributed by atoms with van der Waals surface area (Å²) in [5, 5.41) is 31.4. The van der Waals surface area contributed by atoms with Crippen LogP contribution in [0.1, 0.15) is 168 Å². The zero-order chi connectivity index (χ0) is 31.1. The van der Waals surface area contributed by atoms with Gasteiger partial charge in [-0.2, -0.15) is 0 Å². The first kappa shape index (κ1) is 38.0. The molecule has 6 nitrogen and oxygen atoms in total. The van der Waals surface area contributed by atoms with Crippen LogP contribution in [-0.4, -0.2) is 57.9 Å². The maximum Gasteiger partial charge on any atom is 0.334 e. The molecule has 250 valence electrons. The van der Waals surface area contributed by atoms with Crippen LogP contribution >= 0.6 is 0 Å². The average molecular weight is 607 g/mol. The van der Waals surface area contributed by atoms with E-state index in [0.717, 1.165) is 76.2 Å². The highest BCUT2D eigenvalue weighted by Gasteiger charge is 2.31. The van der Waals surface area contributed by atoms with E-state index in [2.05, 4.69) is 19.1 Å². The van der Waals surface area contributed by atoms with E-state index in [0.29, 0.717) is 19.3 Å². The van der Waals surface area contributed by atoms with Gasteiger partial charge in [0.05, 0.1) is 30.5 Å². The third-order valence-electron chi connectivity index (χ3n) is 9.26. The predicted octanol–water partition coefficient (Wildman–Crippen LogP) is 8.65. The molecule has 0 aromatic rings. The third kappa shape index (κ3) is 17.8. The van der Waals surface area contributed by atoms with E-state index in [1.807, 2.05) is 13.0 Å². The van der Waals surface area contributed by atoms with Gasteiger partial charge in [0.25, 0.3) is 0 Å². The Kier molecular flexibility index (Phi) is 21.3. The van der Waals surface area contributed by atoms with Crippen LogP contribution in [-0.2, 0) is 14.3 Å². The van der Waals surface area contributed by atoms with Crippen LogP contribution in [0.4, 0.5) is 0 Å². The van der Waals surface area contributed by atoms with E-state index in [9.17, 15) is 20.1 Å². The van der Waals surface area contributed by atoms with Gasteiger partial charge < -0.3 is 24.8 Å². The number of hydrogen-bond acceptors (Lipinski definition) is 6. The van der Waals surface area contributed by atoms with Crippen molar-refractivity contribution in [1.29, 1.82) is 0 Å². The average Bonchev–Trinajstić information content (AvgIpc) is 3.60.